The number of aromatic nitrogens is 2. The van der Waals surface area contributed by atoms with Crippen LogP contribution in [0.5, 0.6) is 0 Å². The average Bonchev–Trinajstić information content (AvgIpc) is 2.79. The zero-order valence-corrected chi connectivity index (χ0v) is 17.4. The van der Waals surface area contributed by atoms with Crippen molar-refractivity contribution < 1.29 is 4.79 Å². The minimum atomic E-state index is 0.145. The molecule has 1 aromatic heterocycles. The molecule has 2 aliphatic rings. The number of rotatable bonds is 4. The lowest BCUT2D eigenvalue weighted by Gasteiger charge is -2.37. The lowest BCUT2D eigenvalue weighted by molar-refractivity contribution is -0.129. The largest absolute Gasteiger partial charge is 0.354 e. The Kier molecular flexibility index (Phi) is 5.94. The zero-order valence-electron chi connectivity index (χ0n) is 17.4. The van der Waals surface area contributed by atoms with Crippen LogP contribution < -0.4 is 9.80 Å². The third-order valence-electron chi connectivity index (χ3n) is 5.92. The van der Waals surface area contributed by atoms with Crippen LogP contribution in [0.3, 0.4) is 0 Å². The van der Waals surface area contributed by atoms with E-state index in [0.717, 1.165) is 81.9 Å². The number of hydrogen-bond donors (Lipinski definition) is 0. The van der Waals surface area contributed by atoms with Crippen LogP contribution in [0.4, 0.5) is 11.6 Å². The number of nitrogens with zero attached hydrogens (tertiary/aromatic N) is 6. The van der Waals surface area contributed by atoms with Gasteiger partial charge >= 0.3 is 0 Å². The third kappa shape index (κ3) is 4.50. The van der Waals surface area contributed by atoms with Crippen molar-refractivity contribution >= 4 is 17.5 Å². The summed E-state index contributed by atoms with van der Waals surface area (Å²) in [6.45, 7) is 12.1. The number of piperazine rings is 2. The molecule has 0 aliphatic carbocycles. The summed E-state index contributed by atoms with van der Waals surface area (Å²) in [7, 11) is 0. The van der Waals surface area contributed by atoms with Gasteiger partial charge < -0.3 is 19.6 Å². The summed E-state index contributed by atoms with van der Waals surface area (Å²) in [4.78, 5) is 30.5. The fourth-order valence-electron chi connectivity index (χ4n) is 4.01. The van der Waals surface area contributed by atoms with Crippen LogP contribution in [-0.4, -0.2) is 84.6 Å². The summed E-state index contributed by atoms with van der Waals surface area (Å²) in [6, 6.07) is 12.3. The number of carbonyl (C=O) groups excluding carboxylic acids is 1. The first kappa shape index (κ1) is 19.6. The second-order valence-corrected chi connectivity index (χ2v) is 7.69. The molecule has 1 amide bonds. The van der Waals surface area contributed by atoms with Gasteiger partial charge in [0.1, 0.15) is 11.6 Å². The first-order chi connectivity index (χ1) is 14.1. The molecule has 29 heavy (non-hydrogen) atoms. The van der Waals surface area contributed by atoms with Crippen molar-refractivity contribution in [3.05, 3.63) is 36.4 Å². The number of likely N-dealkylation sites (N-methyl/N-ethyl adjacent to an activating group) is 1. The first-order valence-electron chi connectivity index (χ1n) is 10.6. The van der Waals surface area contributed by atoms with Crippen molar-refractivity contribution in [3.8, 4) is 11.4 Å². The molecule has 0 atom stereocenters. The summed E-state index contributed by atoms with van der Waals surface area (Å²) >= 11 is 0. The molecule has 0 spiro atoms. The Morgan fingerprint density at radius 3 is 1.93 bits per heavy atom. The zero-order chi connectivity index (χ0) is 20.2. The molecule has 2 aliphatic heterocycles. The highest BCUT2D eigenvalue weighted by molar-refractivity contribution is 5.73. The predicted molar refractivity (Wildman–Crippen MR) is 116 cm³/mol. The molecule has 2 fully saturated rings. The van der Waals surface area contributed by atoms with E-state index in [-0.39, 0.29) is 5.91 Å². The van der Waals surface area contributed by atoms with Crippen LogP contribution in [0.2, 0.25) is 0 Å². The molecule has 0 bridgehead atoms. The summed E-state index contributed by atoms with van der Waals surface area (Å²) in [6.07, 6.45) is 0. The quantitative estimate of drug-likeness (QED) is 0.790. The monoisotopic (exact) mass is 394 g/mol. The molecule has 1 aromatic carbocycles. The highest BCUT2D eigenvalue weighted by Gasteiger charge is 2.23. The van der Waals surface area contributed by atoms with E-state index >= 15 is 0 Å². The normalized spacial score (nSPS) is 18.2. The third-order valence-corrected chi connectivity index (χ3v) is 5.92. The Labute approximate surface area is 172 Å². The van der Waals surface area contributed by atoms with Crippen LogP contribution in [0.15, 0.2) is 36.4 Å². The van der Waals surface area contributed by atoms with Crippen LogP contribution >= 0.6 is 0 Å². The fourth-order valence-corrected chi connectivity index (χ4v) is 4.01. The Hall–Kier alpha value is -2.67. The van der Waals surface area contributed by atoms with E-state index < -0.39 is 0 Å². The molecule has 2 saturated heterocycles. The number of amides is 1. The number of benzene rings is 1. The van der Waals surface area contributed by atoms with Crippen molar-refractivity contribution in [3.63, 3.8) is 0 Å². The van der Waals surface area contributed by atoms with Gasteiger partial charge in [-0.2, -0.15) is 0 Å². The molecule has 154 valence electrons. The molecule has 7 nitrogen and oxygen atoms in total. The molecular weight excluding hydrogens is 364 g/mol. The maximum Gasteiger partial charge on any atom is 0.219 e. The Morgan fingerprint density at radius 1 is 0.862 bits per heavy atom. The van der Waals surface area contributed by atoms with Crippen molar-refractivity contribution in [1.29, 1.82) is 0 Å². The van der Waals surface area contributed by atoms with Crippen molar-refractivity contribution in [1.82, 2.24) is 19.8 Å². The molecule has 0 saturated carbocycles. The predicted octanol–water partition coefficient (Wildman–Crippen LogP) is 1.95. The highest BCUT2D eigenvalue weighted by Crippen LogP contribution is 2.26. The lowest BCUT2D eigenvalue weighted by atomic mass is 10.2. The summed E-state index contributed by atoms with van der Waals surface area (Å²) in [5.74, 6) is 2.87. The maximum atomic E-state index is 11.7. The Bertz CT molecular complexity index is 826. The van der Waals surface area contributed by atoms with Gasteiger partial charge in [-0.1, -0.05) is 37.3 Å². The van der Waals surface area contributed by atoms with Gasteiger partial charge in [0.2, 0.25) is 5.91 Å². The van der Waals surface area contributed by atoms with Crippen molar-refractivity contribution in [2.45, 2.75) is 13.8 Å². The van der Waals surface area contributed by atoms with Gasteiger partial charge in [-0.05, 0) is 6.54 Å². The summed E-state index contributed by atoms with van der Waals surface area (Å²) in [5.41, 5.74) is 1.03. The van der Waals surface area contributed by atoms with E-state index in [4.69, 9.17) is 9.97 Å². The van der Waals surface area contributed by atoms with Crippen LogP contribution in [0, 0.1) is 0 Å². The van der Waals surface area contributed by atoms with Gasteiger partial charge in [-0.3, -0.25) is 4.79 Å². The minimum Gasteiger partial charge on any atom is -0.354 e. The van der Waals surface area contributed by atoms with Crippen LogP contribution in [0.25, 0.3) is 11.4 Å². The van der Waals surface area contributed by atoms with Crippen LogP contribution in [-0.2, 0) is 4.79 Å². The number of anilines is 2. The fraction of sp³-hybridized carbons (Fsp3) is 0.500. The van der Waals surface area contributed by atoms with Gasteiger partial charge in [0.25, 0.3) is 0 Å². The first-order valence-corrected chi connectivity index (χ1v) is 10.6. The topological polar surface area (TPSA) is 55.8 Å². The number of carbonyl (C=O) groups is 1. The van der Waals surface area contributed by atoms with E-state index in [1.54, 1.807) is 6.92 Å². The average molecular weight is 395 g/mol. The van der Waals surface area contributed by atoms with E-state index in [2.05, 4.69) is 39.8 Å². The van der Waals surface area contributed by atoms with Gasteiger partial charge in [0.05, 0.1) is 0 Å². The molecule has 2 aromatic rings. The standard InChI is InChI=1S/C22H30N6O/c1-3-25-9-11-27(12-10-25)20-17-21(28-15-13-26(14-16-28)18(2)29)24-22(23-20)19-7-5-4-6-8-19/h4-8,17H,3,9-16H2,1-2H3. The van der Waals surface area contributed by atoms with E-state index in [1.807, 2.05) is 23.1 Å². The van der Waals surface area contributed by atoms with Crippen molar-refractivity contribution in [2.75, 3.05) is 68.7 Å². The lowest BCUT2D eigenvalue weighted by Crippen LogP contribution is -2.48. The second kappa shape index (κ2) is 8.78. The Balaban J connectivity index is 1.61. The molecule has 0 N–H and O–H groups in total. The van der Waals surface area contributed by atoms with E-state index in [1.165, 1.54) is 0 Å². The maximum absolute atomic E-state index is 11.7. The Morgan fingerprint density at radius 2 is 1.41 bits per heavy atom. The highest BCUT2D eigenvalue weighted by atomic mass is 16.2. The molecule has 7 heteroatoms. The van der Waals surface area contributed by atoms with Crippen molar-refractivity contribution in [2.24, 2.45) is 0 Å². The van der Waals surface area contributed by atoms with E-state index in [9.17, 15) is 4.79 Å². The minimum absolute atomic E-state index is 0.145. The molecule has 0 unspecified atom stereocenters. The van der Waals surface area contributed by atoms with Gasteiger partial charge in [0, 0.05) is 70.9 Å². The molecule has 4 rings (SSSR count). The van der Waals surface area contributed by atoms with Gasteiger partial charge in [-0.15, -0.1) is 0 Å². The van der Waals surface area contributed by atoms with Gasteiger partial charge in [0.15, 0.2) is 5.82 Å². The summed E-state index contributed by atoms with van der Waals surface area (Å²) in [5, 5.41) is 0. The summed E-state index contributed by atoms with van der Waals surface area (Å²) < 4.78 is 0. The SMILES string of the molecule is CCN1CCN(c2cc(N3CCN(C(C)=O)CC3)nc(-c3ccccc3)n2)CC1. The smallest absolute Gasteiger partial charge is 0.219 e. The molecular formula is C22H30N6O. The molecule has 3 heterocycles. The van der Waals surface area contributed by atoms with Gasteiger partial charge in [-0.25, -0.2) is 9.97 Å². The molecule has 0 radical (unpaired) electrons. The van der Waals surface area contributed by atoms with Crippen LogP contribution in [0.1, 0.15) is 13.8 Å². The second-order valence-electron chi connectivity index (χ2n) is 7.69. The van der Waals surface area contributed by atoms with E-state index in [0.29, 0.717) is 0 Å². The number of hydrogen-bond acceptors (Lipinski definition) is 6.